The molecule has 0 fully saturated rings. The Hall–Kier alpha value is -1.69. The summed E-state index contributed by atoms with van der Waals surface area (Å²) in [4.78, 5) is 22.4. The molecule has 0 unspecified atom stereocenters. The number of aromatic nitrogens is 2. The van der Waals surface area contributed by atoms with Crippen LogP contribution in [0.5, 0.6) is 11.8 Å². The molecule has 0 aliphatic heterocycles. The van der Waals surface area contributed by atoms with Gasteiger partial charge in [0.15, 0.2) is 11.5 Å². The summed E-state index contributed by atoms with van der Waals surface area (Å²) in [5.74, 6) is 0.472. The van der Waals surface area contributed by atoms with Crippen LogP contribution in [0.25, 0.3) is 0 Å². The molecule has 0 aliphatic carbocycles. The minimum Gasteiger partial charge on any atom is -0.480 e. The maximum absolute atomic E-state index is 12.1. The molecule has 1 rings (SSSR count). The molecule has 106 valence electrons. The summed E-state index contributed by atoms with van der Waals surface area (Å²) in [6.07, 6.45) is 1.83. The predicted molar refractivity (Wildman–Crippen MR) is 71.9 cm³/mol. The van der Waals surface area contributed by atoms with Gasteiger partial charge < -0.3 is 14.4 Å². The lowest BCUT2D eigenvalue weighted by atomic mass is 10.2. The highest BCUT2D eigenvalue weighted by molar-refractivity contribution is 5.96. The Morgan fingerprint density at radius 2 is 1.95 bits per heavy atom. The number of carbonyl (C=O) groups is 1. The number of nitrogens with zero attached hydrogens (tertiary/aromatic N) is 3. The lowest BCUT2D eigenvalue weighted by Crippen LogP contribution is -2.26. The van der Waals surface area contributed by atoms with Crippen molar-refractivity contribution >= 4 is 5.78 Å². The van der Waals surface area contributed by atoms with Gasteiger partial charge in [-0.15, -0.1) is 0 Å². The van der Waals surface area contributed by atoms with Crippen LogP contribution in [0.2, 0.25) is 0 Å². The second-order valence-corrected chi connectivity index (χ2v) is 3.97. The number of rotatable bonds is 8. The zero-order chi connectivity index (χ0) is 14.3. The Morgan fingerprint density at radius 3 is 2.47 bits per heavy atom. The van der Waals surface area contributed by atoms with Crippen molar-refractivity contribution in [2.75, 3.05) is 33.9 Å². The van der Waals surface area contributed by atoms with Gasteiger partial charge in [-0.3, -0.25) is 4.79 Å². The van der Waals surface area contributed by atoms with Crippen LogP contribution in [0.15, 0.2) is 6.20 Å². The first-order valence-corrected chi connectivity index (χ1v) is 6.36. The fraction of sp³-hybridized carbons (Fsp3) is 0.615. The Morgan fingerprint density at radius 1 is 1.26 bits per heavy atom. The van der Waals surface area contributed by atoms with Gasteiger partial charge in [0.05, 0.1) is 20.4 Å². The Kier molecular flexibility index (Phi) is 6.21. The number of ether oxygens (including phenoxy) is 2. The second kappa shape index (κ2) is 7.68. The standard InChI is InChI=1S/C13H21N3O3/c1-5-16(6-2)8-7-10(17)12-13(19-4)15-11(18-3)9-14-12/h9H,5-8H2,1-4H3. The van der Waals surface area contributed by atoms with E-state index in [-0.39, 0.29) is 17.4 Å². The third kappa shape index (κ3) is 4.17. The highest BCUT2D eigenvalue weighted by Crippen LogP contribution is 2.18. The summed E-state index contributed by atoms with van der Waals surface area (Å²) in [6.45, 7) is 6.70. The highest BCUT2D eigenvalue weighted by atomic mass is 16.5. The summed E-state index contributed by atoms with van der Waals surface area (Å²) in [7, 11) is 2.95. The molecule has 0 aliphatic rings. The first-order valence-electron chi connectivity index (χ1n) is 6.36. The molecule has 0 amide bonds. The molecule has 0 saturated heterocycles. The van der Waals surface area contributed by atoms with Crippen molar-refractivity contribution in [2.45, 2.75) is 20.3 Å². The lowest BCUT2D eigenvalue weighted by molar-refractivity contribution is 0.0957. The van der Waals surface area contributed by atoms with Gasteiger partial charge in [0.1, 0.15) is 0 Å². The number of ketones is 1. The molecular weight excluding hydrogens is 246 g/mol. The molecule has 0 atom stereocenters. The summed E-state index contributed by atoms with van der Waals surface area (Å²) < 4.78 is 10.0. The minimum atomic E-state index is -0.0705. The largest absolute Gasteiger partial charge is 0.480 e. The molecule has 0 spiro atoms. The molecule has 0 radical (unpaired) electrons. The molecule has 6 nitrogen and oxygen atoms in total. The van der Waals surface area contributed by atoms with E-state index in [2.05, 4.69) is 28.7 Å². The molecule has 6 heteroatoms. The van der Waals surface area contributed by atoms with Gasteiger partial charge in [-0.1, -0.05) is 13.8 Å². The van der Waals surface area contributed by atoms with Gasteiger partial charge in [0.2, 0.25) is 11.8 Å². The van der Waals surface area contributed by atoms with Crippen LogP contribution in [0, 0.1) is 0 Å². The monoisotopic (exact) mass is 267 g/mol. The number of Topliss-reactive ketones (excluding diaryl/α,β-unsaturated/α-hetero) is 1. The first-order chi connectivity index (χ1) is 9.15. The molecule has 1 aromatic rings. The van der Waals surface area contributed by atoms with Crippen molar-refractivity contribution in [3.8, 4) is 11.8 Å². The van der Waals surface area contributed by atoms with Gasteiger partial charge in [-0.05, 0) is 13.1 Å². The molecule has 0 saturated carbocycles. The maximum Gasteiger partial charge on any atom is 0.246 e. The number of hydrogen-bond donors (Lipinski definition) is 0. The summed E-state index contributed by atoms with van der Waals surface area (Å²) >= 11 is 0. The predicted octanol–water partition coefficient (Wildman–Crippen LogP) is 1.41. The van der Waals surface area contributed by atoms with Crippen LogP contribution >= 0.6 is 0 Å². The van der Waals surface area contributed by atoms with E-state index in [1.807, 2.05) is 0 Å². The summed E-state index contributed by atoms with van der Waals surface area (Å²) in [6, 6.07) is 0. The van der Waals surface area contributed by atoms with Crippen molar-refractivity contribution < 1.29 is 14.3 Å². The summed E-state index contributed by atoms with van der Waals surface area (Å²) in [5.41, 5.74) is 0.260. The quantitative estimate of drug-likeness (QED) is 0.663. The maximum atomic E-state index is 12.1. The van der Waals surface area contributed by atoms with E-state index in [1.165, 1.54) is 20.4 Å². The number of hydrogen-bond acceptors (Lipinski definition) is 6. The molecule has 0 bridgehead atoms. The SMILES string of the molecule is CCN(CC)CCC(=O)c1ncc(OC)nc1OC. The molecule has 19 heavy (non-hydrogen) atoms. The van der Waals surface area contributed by atoms with E-state index in [0.29, 0.717) is 18.8 Å². The van der Waals surface area contributed by atoms with Gasteiger partial charge in [0, 0.05) is 13.0 Å². The van der Waals surface area contributed by atoms with Crippen LogP contribution < -0.4 is 9.47 Å². The third-order valence-electron chi connectivity index (χ3n) is 2.93. The van der Waals surface area contributed by atoms with E-state index in [1.54, 1.807) is 0 Å². The van der Waals surface area contributed by atoms with Crippen molar-refractivity contribution in [1.29, 1.82) is 0 Å². The van der Waals surface area contributed by atoms with Crippen molar-refractivity contribution in [3.63, 3.8) is 0 Å². The number of carbonyl (C=O) groups excluding carboxylic acids is 1. The molecule has 1 aromatic heterocycles. The van der Waals surface area contributed by atoms with Crippen molar-refractivity contribution in [3.05, 3.63) is 11.9 Å². The molecule has 0 N–H and O–H groups in total. The van der Waals surface area contributed by atoms with Crippen LogP contribution in [-0.4, -0.2) is 54.5 Å². The Bertz CT molecular complexity index is 420. The van der Waals surface area contributed by atoms with Crippen molar-refractivity contribution in [1.82, 2.24) is 14.9 Å². The minimum absolute atomic E-state index is 0.0705. The average molecular weight is 267 g/mol. The summed E-state index contributed by atoms with van der Waals surface area (Å²) in [5, 5.41) is 0. The highest BCUT2D eigenvalue weighted by Gasteiger charge is 2.17. The molecule has 0 aromatic carbocycles. The smallest absolute Gasteiger partial charge is 0.246 e. The van der Waals surface area contributed by atoms with Crippen LogP contribution in [0.1, 0.15) is 30.8 Å². The third-order valence-corrected chi connectivity index (χ3v) is 2.93. The Labute approximate surface area is 113 Å². The van der Waals surface area contributed by atoms with E-state index in [9.17, 15) is 4.79 Å². The zero-order valence-electron chi connectivity index (χ0n) is 12.0. The number of methoxy groups -OCH3 is 2. The van der Waals surface area contributed by atoms with Gasteiger partial charge >= 0.3 is 0 Å². The van der Waals surface area contributed by atoms with E-state index < -0.39 is 0 Å². The van der Waals surface area contributed by atoms with E-state index >= 15 is 0 Å². The van der Waals surface area contributed by atoms with E-state index in [4.69, 9.17) is 9.47 Å². The average Bonchev–Trinajstić information content (AvgIpc) is 2.47. The van der Waals surface area contributed by atoms with Crippen molar-refractivity contribution in [2.24, 2.45) is 0 Å². The van der Waals surface area contributed by atoms with Crippen LogP contribution in [-0.2, 0) is 0 Å². The van der Waals surface area contributed by atoms with Gasteiger partial charge in [-0.2, -0.15) is 4.98 Å². The fourth-order valence-corrected chi connectivity index (χ4v) is 1.71. The zero-order valence-corrected chi connectivity index (χ0v) is 12.0. The first kappa shape index (κ1) is 15.4. The Balaban J connectivity index is 2.76. The van der Waals surface area contributed by atoms with Gasteiger partial charge in [0.25, 0.3) is 0 Å². The van der Waals surface area contributed by atoms with E-state index in [0.717, 1.165) is 13.1 Å². The second-order valence-electron chi connectivity index (χ2n) is 3.97. The van der Waals surface area contributed by atoms with Crippen LogP contribution in [0.4, 0.5) is 0 Å². The topological polar surface area (TPSA) is 64.6 Å². The lowest BCUT2D eigenvalue weighted by Gasteiger charge is -2.17. The molecule has 1 heterocycles. The normalized spacial score (nSPS) is 10.6. The molecular formula is C13H21N3O3. The fourth-order valence-electron chi connectivity index (χ4n) is 1.71. The van der Waals surface area contributed by atoms with Gasteiger partial charge in [-0.25, -0.2) is 4.98 Å². The van der Waals surface area contributed by atoms with Crippen LogP contribution in [0.3, 0.4) is 0 Å².